The van der Waals surface area contributed by atoms with E-state index in [1.165, 1.54) is 5.56 Å². The van der Waals surface area contributed by atoms with Gasteiger partial charge in [0, 0.05) is 6.42 Å². The second-order valence-electron chi connectivity index (χ2n) is 5.43. The summed E-state index contributed by atoms with van der Waals surface area (Å²) in [4.78, 5) is 4.60. The predicted octanol–water partition coefficient (Wildman–Crippen LogP) is 3.85. The first kappa shape index (κ1) is 14.3. The van der Waals surface area contributed by atoms with Gasteiger partial charge in [0.1, 0.15) is 11.6 Å². The SMILES string of the molecule is CC(C)Oc1ccccc1-c1n[nH]c(Cc2ccccc2)n1. The van der Waals surface area contributed by atoms with E-state index >= 15 is 0 Å². The Hall–Kier alpha value is -2.62. The van der Waals surface area contributed by atoms with Crippen LogP contribution >= 0.6 is 0 Å². The highest BCUT2D eigenvalue weighted by Crippen LogP contribution is 2.28. The molecule has 0 spiro atoms. The molecule has 0 aliphatic heterocycles. The quantitative estimate of drug-likeness (QED) is 0.777. The molecule has 112 valence electrons. The number of nitrogens with one attached hydrogen (secondary N) is 1. The van der Waals surface area contributed by atoms with Gasteiger partial charge in [-0.3, -0.25) is 5.10 Å². The fourth-order valence-corrected chi connectivity index (χ4v) is 2.29. The van der Waals surface area contributed by atoms with Crippen molar-refractivity contribution in [3.05, 3.63) is 66.0 Å². The first-order valence-electron chi connectivity index (χ1n) is 7.43. The minimum atomic E-state index is 0.115. The van der Waals surface area contributed by atoms with Gasteiger partial charge in [0.25, 0.3) is 0 Å². The molecule has 3 rings (SSSR count). The third-order valence-corrected chi connectivity index (χ3v) is 3.24. The Kier molecular flexibility index (Phi) is 4.19. The minimum Gasteiger partial charge on any atom is -0.490 e. The van der Waals surface area contributed by atoms with Crippen molar-refractivity contribution in [1.82, 2.24) is 15.2 Å². The monoisotopic (exact) mass is 293 g/mol. The van der Waals surface area contributed by atoms with E-state index in [-0.39, 0.29) is 6.10 Å². The highest BCUT2D eigenvalue weighted by atomic mass is 16.5. The van der Waals surface area contributed by atoms with E-state index in [1.54, 1.807) is 0 Å². The smallest absolute Gasteiger partial charge is 0.184 e. The van der Waals surface area contributed by atoms with E-state index in [0.29, 0.717) is 5.82 Å². The molecule has 1 N–H and O–H groups in total. The third kappa shape index (κ3) is 3.34. The number of aromatic amines is 1. The van der Waals surface area contributed by atoms with Gasteiger partial charge in [-0.25, -0.2) is 4.98 Å². The highest BCUT2D eigenvalue weighted by molar-refractivity contribution is 5.63. The van der Waals surface area contributed by atoms with Gasteiger partial charge in [0.05, 0.1) is 11.7 Å². The molecule has 0 atom stereocenters. The van der Waals surface area contributed by atoms with E-state index in [2.05, 4.69) is 27.3 Å². The summed E-state index contributed by atoms with van der Waals surface area (Å²) in [6.45, 7) is 4.02. The molecular weight excluding hydrogens is 274 g/mol. The number of para-hydroxylation sites is 1. The molecule has 3 aromatic rings. The van der Waals surface area contributed by atoms with E-state index < -0.39 is 0 Å². The Bertz CT molecular complexity index is 735. The second-order valence-corrected chi connectivity index (χ2v) is 5.43. The summed E-state index contributed by atoms with van der Waals surface area (Å²) in [5, 5.41) is 7.35. The molecule has 0 radical (unpaired) electrons. The first-order valence-corrected chi connectivity index (χ1v) is 7.43. The Morgan fingerprint density at radius 1 is 1.00 bits per heavy atom. The van der Waals surface area contributed by atoms with Crippen LogP contribution in [0.5, 0.6) is 5.75 Å². The Morgan fingerprint density at radius 2 is 1.73 bits per heavy atom. The molecule has 0 saturated carbocycles. The molecule has 0 unspecified atom stereocenters. The van der Waals surface area contributed by atoms with Crippen LogP contribution in [0.15, 0.2) is 54.6 Å². The van der Waals surface area contributed by atoms with Crippen molar-refractivity contribution in [2.45, 2.75) is 26.4 Å². The molecule has 1 heterocycles. The van der Waals surface area contributed by atoms with E-state index in [0.717, 1.165) is 23.6 Å². The van der Waals surface area contributed by atoms with Crippen LogP contribution in [0.2, 0.25) is 0 Å². The minimum absolute atomic E-state index is 0.115. The summed E-state index contributed by atoms with van der Waals surface area (Å²) in [7, 11) is 0. The predicted molar refractivity (Wildman–Crippen MR) is 86.8 cm³/mol. The van der Waals surface area contributed by atoms with Crippen LogP contribution in [-0.2, 0) is 6.42 Å². The maximum Gasteiger partial charge on any atom is 0.184 e. The van der Waals surface area contributed by atoms with E-state index in [1.807, 2.05) is 56.3 Å². The Morgan fingerprint density at radius 3 is 2.50 bits per heavy atom. The number of hydrogen-bond acceptors (Lipinski definition) is 3. The molecule has 0 saturated heterocycles. The van der Waals surface area contributed by atoms with Crippen LogP contribution in [-0.4, -0.2) is 21.3 Å². The van der Waals surface area contributed by atoms with Gasteiger partial charge < -0.3 is 4.74 Å². The summed E-state index contributed by atoms with van der Waals surface area (Å²) in [5.74, 6) is 2.32. The fraction of sp³-hybridized carbons (Fsp3) is 0.222. The number of rotatable bonds is 5. The average molecular weight is 293 g/mol. The lowest BCUT2D eigenvalue weighted by molar-refractivity contribution is 0.243. The van der Waals surface area contributed by atoms with Crippen molar-refractivity contribution in [3.8, 4) is 17.1 Å². The van der Waals surface area contributed by atoms with E-state index in [4.69, 9.17) is 4.74 Å². The molecule has 0 fully saturated rings. The van der Waals surface area contributed by atoms with Gasteiger partial charge in [-0.05, 0) is 31.5 Å². The van der Waals surface area contributed by atoms with Crippen LogP contribution in [0.4, 0.5) is 0 Å². The van der Waals surface area contributed by atoms with Crippen LogP contribution in [0, 0.1) is 0 Å². The van der Waals surface area contributed by atoms with Gasteiger partial charge in [-0.15, -0.1) is 0 Å². The number of H-pyrrole nitrogens is 1. The third-order valence-electron chi connectivity index (χ3n) is 3.24. The van der Waals surface area contributed by atoms with Crippen LogP contribution in [0.1, 0.15) is 25.2 Å². The molecule has 22 heavy (non-hydrogen) atoms. The van der Waals surface area contributed by atoms with Crippen molar-refractivity contribution in [2.24, 2.45) is 0 Å². The lowest BCUT2D eigenvalue weighted by atomic mass is 10.1. The molecular formula is C18H19N3O. The molecule has 0 aliphatic carbocycles. The summed E-state index contributed by atoms with van der Waals surface area (Å²) in [6, 6.07) is 18.1. The molecule has 2 aromatic carbocycles. The van der Waals surface area contributed by atoms with Crippen molar-refractivity contribution < 1.29 is 4.74 Å². The molecule has 4 heteroatoms. The van der Waals surface area contributed by atoms with Gasteiger partial charge >= 0.3 is 0 Å². The number of benzene rings is 2. The zero-order valence-electron chi connectivity index (χ0n) is 12.8. The largest absolute Gasteiger partial charge is 0.490 e. The number of ether oxygens (including phenoxy) is 1. The molecule has 1 aromatic heterocycles. The summed E-state index contributed by atoms with van der Waals surface area (Å²) in [5.41, 5.74) is 2.11. The lowest BCUT2D eigenvalue weighted by Gasteiger charge is -2.12. The molecule has 0 bridgehead atoms. The summed E-state index contributed by atoms with van der Waals surface area (Å²) < 4.78 is 5.83. The Labute approximate surface area is 130 Å². The fourth-order valence-electron chi connectivity index (χ4n) is 2.29. The molecule has 0 amide bonds. The van der Waals surface area contributed by atoms with E-state index in [9.17, 15) is 0 Å². The number of hydrogen-bond donors (Lipinski definition) is 1. The zero-order chi connectivity index (χ0) is 15.4. The maximum absolute atomic E-state index is 5.83. The summed E-state index contributed by atoms with van der Waals surface area (Å²) in [6.07, 6.45) is 0.852. The van der Waals surface area contributed by atoms with Crippen molar-refractivity contribution in [3.63, 3.8) is 0 Å². The Balaban J connectivity index is 1.85. The number of nitrogens with zero attached hydrogens (tertiary/aromatic N) is 2. The lowest BCUT2D eigenvalue weighted by Crippen LogP contribution is -2.06. The number of aromatic nitrogens is 3. The first-order chi connectivity index (χ1) is 10.7. The molecule has 4 nitrogen and oxygen atoms in total. The topological polar surface area (TPSA) is 50.8 Å². The van der Waals surface area contributed by atoms with Crippen LogP contribution in [0.25, 0.3) is 11.4 Å². The zero-order valence-corrected chi connectivity index (χ0v) is 12.8. The van der Waals surface area contributed by atoms with Gasteiger partial charge in [-0.2, -0.15) is 5.10 Å². The van der Waals surface area contributed by atoms with Crippen LogP contribution in [0.3, 0.4) is 0 Å². The van der Waals surface area contributed by atoms with Crippen LogP contribution < -0.4 is 4.74 Å². The average Bonchev–Trinajstić information content (AvgIpc) is 2.96. The summed E-state index contributed by atoms with van der Waals surface area (Å²) >= 11 is 0. The van der Waals surface area contributed by atoms with Crippen molar-refractivity contribution >= 4 is 0 Å². The van der Waals surface area contributed by atoms with Crippen molar-refractivity contribution in [1.29, 1.82) is 0 Å². The normalized spacial score (nSPS) is 10.9. The van der Waals surface area contributed by atoms with Gasteiger partial charge in [0.15, 0.2) is 5.82 Å². The molecule has 0 aliphatic rings. The highest BCUT2D eigenvalue weighted by Gasteiger charge is 2.12. The standard InChI is InChI=1S/C18H19N3O/c1-13(2)22-16-11-7-6-10-15(16)18-19-17(20-21-18)12-14-8-4-3-5-9-14/h3-11,13H,12H2,1-2H3,(H,19,20,21). The van der Waals surface area contributed by atoms with Gasteiger partial charge in [0.2, 0.25) is 0 Å². The maximum atomic E-state index is 5.83. The van der Waals surface area contributed by atoms with Gasteiger partial charge in [-0.1, -0.05) is 42.5 Å². The van der Waals surface area contributed by atoms with Crippen molar-refractivity contribution in [2.75, 3.05) is 0 Å². The second kappa shape index (κ2) is 6.43.